The number of carbonyl (C=O) groups is 4. The molecule has 1 saturated heterocycles. The van der Waals surface area contributed by atoms with Crippen molar-refractivity contribution in [3.8, 4) is 0 Å². The summed E-state index contributed by atoms with van der Waals surface area (Å²) in [5.74, 6) is -2.33. The number of amides is 5. The summed E-state index contributed by atoms with van der Waals surface area (Å²) in [5.41, 5.74) is 0.934. The minimum absolute atomic E-state index is 0.161. The van der Waals surface area contributed by atoms with Crippen LogP contribution in [-0.4, -0.2) is 46.6 Å². The number of urea groups is 1. The molecule has 1 aliphatic rings. The van der Waals surface area contributed by atoms with Crippen LogP contribution in [0.1, 0.15) is 31.9 Å². The highest BCUT2D eigenvalue weighted by Gasteiger charge is 2.44. The van der Waals surface area contributed by atoms with Crippen molar-refractivity contribution in [2.45, 2.75) is 26.3 Å². The minimum atomic E-state index is -0.957. The lowest BCUT2D eigenvalue weighted by Crippen LogP contribution is -2.42. The molecule has 3 rings (SSSR count). The van der Waals surface area contributed by atoms with Crippen LogP contribution in [0.15, 0.2) is 42.5 Å². The van der Waals surface area contributed by atoms with Crippen LogP contribution >= 0.6 is 0 Å². The molecule has 1 atom stereocenters. The van der Waals surface area contributed by atoms with Gasteiger partial charge in [0, 0.05) is 6.54 Å². The minimum Gasteiger partial charge on any atom is -0.348 e. The predicted molar refractivity (Wildman–Crippen MR) is 99.6 cm³/mol. The first-order valence-corrected chi connectivity index (χ1v) is 8.88. The average molecular weight is 367 g/mol. The molecule has 1 N–H and O–H groups in total. The Bertz CT molecular complexity index is 919. The zero-order valence-electron chi connectivity index (χ0n) is 15.3. The normalized spacial score (nSPS) is 15.6. The molecule has 2 aromatic carbocycles. The molecule has 0 unspecified atom stereocenters. The fraction of sp³-hybridized carbons (Fsp3) is 0.300. The molecule has 27 heavy (non-hydrogen) atoms. The standard InChI is InChI=1S/C20H21N3O4/c1-3-11-22-18(25)19(26)23(20(22)27)12-17(24)21-13(2)15-10-6-8-14-7-4-5-9-16(14)15/h4-10,13H,3,11-12H2,1-2H3,(H,21,24)/t13-/m0/s1. The Hall–Kier alpha value is -3.22. The molecule has 1 fully saturated rings. The first-order chi connectivity index (χ1) is 12.9. The van der Waals surface area contributed by atoms with Crippen molar-refractivity contribution in [1.29, 1.82) is 0 Å². The number of fused-ring (bicyclic) bond motifs is 1. The van der Waals surface area contributed by atoms with Crippen LogP contribution in [0, 0.1) is 0 Å². The van der Waals surface area contributed by atoms with Gasteiger partial charge in [0.1, 0.15) is 6.54 Å². The van der Waals surface area contributed by atoms with Crippen molar-refractivity contribution in [3.05, 3.63) is 48.0 Å². The lowest BCUT2D eigenvalue weighted by molar-refractivity contribution is -0.144. The lowest BCUT2D eigenvalue weighted by atomic mass is 10.00. The molecule has 1 heterocycles. The quantitative estimate of drug-likeness (QED) is 0.626. The van der Waals surface area contributed by atoms with E-state index in [1.807, 2.05) is 49.4 Å². The van der Waals surface area contributed by atoms with E-state index in [-0.39, 0.29) is 12.6 Å². The van der Waals surface area contributed by atoms with Gasteiger partial charge in [-0.05, 0) is 29.7 Å². The van der Waals surface area contributed by atoms with Crippen LogP contribution in [0.2, 0.25) is 0 Å². The van der Waals surface area contributed by atoms with Crippen molar-refractivity contribution in [2.75, 3.05) is 13.1 Å². The van der Waals surface area contributed by atoms with Gasteiger partial charge in [0.05, 0.1) is 6.04 Å². The first-order valence-electron chi connectivity index (χ1n) is 8.88. The van der Waals surface area contributed by atoms with E-state index < -0.39 is 30.3 Å². The maximum atomic E-state index is 12.4. The maximum absolute atomic E-state index is 12.4. The Morgan fingerprint density at radius 2 is 1.67 bits per heavy atom. The van der Waals surface area contributed by atoms with Gasteiger partial charge in [-0.2, -0.15) is 0 Å². The van der Waals surface area contributed by atoms with E-state index in [0.717, 1.165) is 21.2 Å². The number of benzene rings is 2. The fourth-order valence-electron chi connectivity index (χ4n) is 3.25. The molecule has 0 radical (unpaired) electrons. The molecule has 2 aromatic rings. The summed E-state index contributed by atoms with van der Waals surface area (Å²) in [6.07, 6.45) is 0.545. The Morgan fingerprint density at radius 3 is 2.41 bits per heavy atom. The third-order valence-corrected chi connectivity index (χ3v) is 4.55. The molecular weight excluding hydrogens is 346 g/mol. The van der Waals surface area contributed by atoms with Gasteiger partial charge in [-0.15, -0.1) is 0 Å². The molecule has 0 saturated carbocycles. The Labute approximate surface area is 156 Å². The highest BCUT2D eigenvalue weighted by Crippen LogP contribution is 2.24. The topological polar surface area (TPSA) is 86.8 Å². The van der Waals surface area contributed by atoms with Crippen molar-refractivity contribution < 1.29 is 19.2 Å². The van der Waals surface area contributed by atoms with Gasteiger partial charge in [-0.1, -0.05) is 49.4 Å². The number of rotatable bonds is 6. The van der Waals surface area contributed by atoms with Gasteiger partial charge in [-0.3, -0.25) is 19.3 Å². The Kier molecular flexibility index (Phi) is 5.21. The van der Waals surface area contributed by atoms with Crippen LogP contribution in [0.5, 0.6) is 0 Å². The maximum Gasteiger partial charge on any atom is 0.334 e. The Morgan fingerprint density at radius 1 is 1.00 bits per heavy atom. The molecule has 0 spiro atoms. The highest BCUT2D eigenvalue weighted by molar-refractivity contribution is 6.45. The number of carbonyl (C=O) groups excluding carboxylic acids is 4. The zero-order valence-corrected chi connectivity index (χ0v) is 15.3. The molecule has 7 nitrogen and oxygen atoms in total. The third kappa shape index (κ3) is 3.53. The largest absolute Gasteiger partial charge is 0.348 e. The van der Waals surface area contributed by atoms with Crippen molar-refractivity contribution in [2.24, 2.45) is 0 Å². The Balaban J connectivity index is 1.71. The van der Waals surface area contributed by atoms with Gasteiger partial charge in [0.15, 0.2) is 0 Å². The van der Waals surface area contributed by atoms with E-state index in [1.165, 1.54) is 0 Å². The number of nitrogens with one attached hydrogen (secondary N) is 1. The van der Waals surface area contributed by atoms with Gasteiger partial charge >= 0.3 is 17.8 Å². The number of hydrogen-bond acceptors (Lipinski definition) is 4. The van der Waals surface area contributed by atoms with Crippen LogP contribution in [-0.2, 0) is 14.4 Å². The zero-order chi connectivity index (χ0) is 19.6. The molecule has 0 aromatic heterocycles. The SMILES string of the molecule is CCCN1C(=O)C(=O)N(CC(=O)N[C@@H](C)c2cccc3ccccc23)C1=O. The molecule has 0 aliphatic carbocycles. The summed E-state index contributed by atoms with van der Waals surface area (Å²) in [5, 5.41) is 4.88. The van der Waals surface area contributed by atoms with Crippen LogP contribution in [0.3, 0.4) is 0 Å². The van der Waals surface area contributed by atoms with Gasteiger partial charge in [0.25, 0.3) is 0 Å². The second-order valence-electron chi connectivity index (χ2n) is 6.49. The first kappa shape index (κ1) is 18.6. The lowest BCUT2D eigenvalue weighted by Gasteiger charge is -2.19. The van der Waals surface area contributed by atoms with E-state index in [1.54, 1.807) is 6.92 Å². The highest BCUT2D eigenvalue weighted by atomic mass is 16.2. The second kappa shape index (κ2) is 7.57. The van der Waals surface area contributed by atoms with Crippen LogP contribution in [0.25, 0.3) is 10.8 Å². The number of imide groups is 2. The molecule has 1 aliphatic heterocycles. The smallest absolute Gasteiger partial charge is 0.334 e. The van der Waals surface area contributed by atoms with Gasteiger partial charge in [0.2, 0.25) is 5.91 Å². The summed E-state index contributed by atoms with van der Waals surface area (Å²) in [6, 6.07) is 12.6. The molecule has 7 heteroatoms. The molecule has 5 amide bonds. The van der Waals surface area contributed by atoms with Crippen molar-refractivity contribution >= 4 is 34.5 Å². The summed E-state index contributed by atoms with van der Waals surface area (Å²) in [7, 11) is 0. The van der Waals surface area contributed by atoms with E-state index in [2.05, 4.69) is 5.32 Å². The van der Waals surface area contributed by atoms with Crippen LogP contribution in [0.4, 0.5) is 4.79 Å². The van der Waals surface area contributed by atoms with E-state index in [9.17, 15) is 19.2 Å². The predicted octanol–water partition coefficient (Wildman–Crippen LogP) is 2.22. The summed E-state index contributed by atoms with van der Waals surface area (Å²) in [6.45, 7) is 3.32. The van der Waals surface area contributed by atoms with E-state index in [4.69, 9.17) is 0 Å². The van der Waals surface area contributed by atoms with Gasteiger partial charge < -0.3 is 5.32 Å². The average Bonchev–Trinajstić information content (AvgIpc) is 2.86. The van der Waals surface area contributed by atoms with Crippen LogP contribution < -0.4 is 5.32 Å². The monoisotopic (exact) mass is 367 g/mol. The van der Waals surface area contributed by atoms with E-state index in [0.29, 0.717) is 11.3 Å². The summed E-state index contributed by atoms with van der Waals surface area (Å²) in [4.78, 5) is 50.1. The molecule has 140 valence electrons. The van der Waals surface area contributed by atoms with Crippen molar-refractivity contribution in [3.63, 3.8) is 0 Å². The second-order valence-corrected chi connectivity index (χ2v) is 6.49. The number of hydrogen-bond donors (Lipinski definition) is 1. The van der Waals surface area contributed by atoms with E-state index >= 15 is 0 Å². The number of nitrogens with zero attached hydrogens (tertiary/aromatic N) is 2. The van der Waals surface area contributed by atoms with Gasteiger partial charge in [-0.25, -0.2) is 9.69 Å². The summed E-state index contributed by atoms with van der Waals surface area (Å²) >= 11 is 0. The molecule has 0 bridgehead atoms. The molecular formula is C20H21N3O4. The fourth-order valence-corrected chi connectivity index (χ4v) is 3.25. The third-order valence-electron chi connectivity index (χ3n) is 4.55. The van der Waals surface area contributed by atoms with Crippen molar-refractivity contribution in [1.82, 2.24) is 15.1 Å². The summed E-state index contributed by atoms with van der Waals surface area (Å²) < 4.78 is 0.